The summed E-state index contributed by atoms with van der Waals surface area (Å²) in [5, 5.41) is 21.5. The van der Waals surface area contributed by atoms with E-state index < -0.39 is 17.6 Å². The molecule has 0 heterocycles. The van der Waals surface area contributed by atoms with Gasteiger partial charge in [0.2, 0.25) is 0 Å². The summed E-state index contributed by atoms with van der Waals surface area (Å²) >= 11 is 0. The molecule has 0 bridgehead atoms. The molecule has 0 fully saturated rings. The van der Waals surface area contributed by atoms with Crippen LogP contribution >= 0.6 is 0 Å². The van der Waals surface area contributed by atoms with Crippen LogP contribution in [0.25, 0.3) is 0 Å². The monoisotopic (exact) mass is 371 g/mol. The molecule has 144 valence electrons. The summed E-state index contributed by atoms with van der Waals surface area (Å²) in [5.41, 5.74) is 1.25. The zero-order valence-corrected chi connectivity index (χ0v) is 15.7. The molecule has 1 amide bonds. The number of anilines is 1. The third kappa shape index (κ3) is 5.56. The Morgan fingerprint density at radius 1 is 1.07 bits per heavy atom. The van der Waals surface area contributed by atoms with Crippen molar-refractivity contribution >= 4 is 17.6 Å². The lowest BCUT2D eigenvalue weighted by Crippen LogP contribution is -2.29. The van der Waals surface area contributed by atoms with Crippen LogP contribution in [0.3, 0.4) is 0 Å². The number of ketones is 1. The lowest BCUT2D eigenvalue weighted by molar-refractivity contribution is 0.0152. The van der Waals surface area contributed by atoms with E-state index in [0.29, 0.717) is 23.2 Å². The Bertz CT molecular complexity index is 781. The van der Waals surface area contributed by atoms with Gasteiger partial charge in [-0.2, -0.15) is 0 Å². The van der Waals surface area contributed by atoms with Gasteiger partial charge >= 0.3 is 6.09 Å². The Balaban J connectivity index is 2.17. The van der Waals surface area contributed by atoms with Gasteiger partial charge in [0.25, 0.3) is 0 Å². The fraction of sp³-hybridized carbons (Fsp3) is 0.333. The summed E-state index contributed by atoms with van der Waals surface area (Å²) in [6, 6.07) is 13.0. The molecule has 1 atom stereocenters. The number of ether oxygens (including phenoxy) is 1. The molecule has 0 radical (unpaired) electrons. The molecule has 6 nitrogen and oxygen atoms in total. The van der Waals surface area contributed by atoms with E-state index in [4.69, 9.17) is 4.74 Å². The number of aliphatic hydroxyl groups excluding tert-OH is 1. The van der Waals surface area contributed by atoms with Crippen molar-refractivity contribution < 1.29 is 24.5 Å². The molecule has 2 aromatic carbocycles. The quantitative estimate of drug-likeness (QED) is 0.631. The smallest absolute Gasteiger partial charge is 0.412 e. The van der Waals surface area contributed by atoms with Crippen LogP contribution in [0.15, 0.2) is 48.5 Å². The maximum Gasteiger partial charge on any atom is 0.412 e. The largest absolute Gasteiger partial charge is 0.508 e. The lowest BCUT2D eigenvalue weighted by Gasteiger charge is -2.33. The van der Waals surface area contributed by atoms with E-state index in [-0.39, 0.29) is 18.1 Å². The zero-order valence-electron chi connectivity index (χ0n) is 15.7. The minimum absolute atomic E-state index is 0.0426. The van der Waals surface area contributed by atoms with Gasteiger partial charge in [-0.25, -0.2) is 4.79 Å². The second-order valence-corrected chi connectivity index (χ2v) is 7.10. The first kappa shape index (κ1) is 20.5. The normalized spacial score (nSPS) is 12.3. The van der Waals surface area contributed by atoms with Crippen LogP contribution in [0.2, 0.25) is 0 Å². The standard InChI is InChI=1S/C21H25NO5/c1-14(24)15-4-8-17(9-5-15)22-20(26)27-19(21(2,3)12-13-23)16-6-10-18(25)11-7-16/h4-11,19,23,25H,12-13H2,1-3H3,(H,22,26)/t19-/m1/s1. The number of benzene rings is 2. The number of carbonyl (C=O) groups is 2. The topological polar surface area (TPSA) is 95.9 Å². The average Bonchev–Trinajstić information content (AvgIpc) is 2.61. The first-order valence-electron chi connectivity index (χ1n) is 8.71. The number of hydrogen-bond acceptors (Lipinski definition) is 5. The first-order valence-corrected chi connectivity index (χ1v) is 8.71. The average molecular weight is 371 g/mol. The lowest BCUT2D eigenvalue weighted by atomic mass is 9.80. The summed E-state index contributed by atoms with van der Waals surface area (Å²) in [6.45, 7) is 5.23. The molecule has 2 aromatic rings. The second-order valence-electron chi connectivity index (χ2n) is 7.10. The highest BCUT2D eigenvalue weighted by Crippen LogP contribution is 2.40. The fourth-order valence-corrected chi connectivity index (χ4v) is 2.79. The number of hydrogen-bond donors (Lipinski definition) is 3. The van der Waals surface area contributed by atoms with Crippen molar-refractivity contribution in [3.63, 3.8) is 0 Å². The van der Waals surface area contributed by atoms with Crippen molar-refractivity contribution in [2.24, 2.45) is 5.41 Å². The van der Waals surface area contributed by atoms with Crippen LogP contribution < -0.4 is 5.32 Å². The number of aromatic hydroxyl groups is 1. The van der Waals surface area contributed by atoms with Gasteiger partial charge in [-0.1, -0.05) is 26.0 Å². The van der Waals surface area contributed by atoms with Crippen LogP contribution in [-0.4, -0.2) is 28.7 Å². The molecule has 0 spiro atoms. The number of nitrogens with one attached hydrogen (secondary N) is 1. The van der Waals surface area contributed by atoms with Gasteiger partial charge in [0.05, 0.1) is 0 Å². The molecule has 6 heteroatoms. The SMILES string of the molecule is CC(=O)c1ccc(NC(=O)O[C@H](c2ccc(O)cc2)C(C)(C)CCO)cc1. The number of amides is 1. The van der Waals surface area contributed by atoms with Crippen molar-refractivity contribution in [1.82, 2.24) is 0 Å². The highest BCUT2D eigenvalue weighted by atomic mass is 16.6. The molecule has 2 rings (SSSR count). The Kier molecular flexibility index (Phi) is 6.58. The van der Waals surface area contributed by atoms with Crippen LogP contribution in [0, 0.1) is 5.41 Å². The third-order valence-corrected chi connectivity index (χ3v) is 4.42. The Hall–Kier alpha value is -2.86. The molecular formula is C21H25NO5. The highest BCUT2D eigenvalue weighted by Gasteiger charge is 2.34. The summed E-state index contributed by atoms with van der Waals surface area (Å²) in [7, 11) is 0. The Labute approximate surface area is 158 Å². The van der Waals surface area contributed by atoms with E-state index in [1.54, 1.807) is 36.4 Å². The number of phenols is 1. The first-order chi connectivity index (χ1) is 12.7. The predicted molar refractivity (Wildman–Crippen MR) is 103 cm³/mol. The van der Waals surface area contributed by atoms with Gasteiger partial charge in [0.1, 0.15) is 11.9 Å². The number of phenolic OH excluding ortho intramolecular Hbond substituents is 1. The van der Waals surface area contributed by atoms with Crippen molar-refractivity contribution in [1.29, 1.82) is 0 Å². The maximum absolute atomic E-state index is 12.4. The van der Waals surface area contributed by atoms with Gasteiger partial charge in [-0.3, -0.25) is 10.1 Å². The molecule has 0 aliphatic rings. The maximum atomic E-state index is 12.4. The van der Waals surface area contributed by atoms with Crippen molar-refractivity contribution in [2.45, 2.75) is 33.3 Å². The number of rotatable bonds is 7. The molecule has 0 aliphatic carbocycles. The highest BCUT2D eigenvalue weighted by molar-refractivity contribution is 5.95. The molecule has 0 aromatic heterocycles. The van der Waals surface area contributed by atoms with Gasteiger partial charge < -0.3 is 14.9 Å². The zero-order chi connectivity index (χ0) is 20.0. The van der Waals surface area contributed by atoms with Crippen molar-refractivity contribution in [2.75, 3.05) is 11.9 Å². The van der Waals surface area contributed by atoms with Crippen LogP contribution in [0.5, 0.6) is 5.75 Å². The predicted octanol–water partition coefficient (Wildman–Crippen LogP) is 4.29. The molecule has 27 heavy (non-hydrogen) atoms. The molecule has 3 N–H and O–H groups in total. The third-order valence-electron chi connectivity index (χ3n) is 4.42. The Morgan fingerprint density at radius 2 is 1.67 bits per heavy atom. The molecular weight excluding hydrogens is 346 g/mol. The van der Waals surface area contributed by atoms with Crippen LogP contribution in [-0.2, 0) is 4.74 Å². The minimum atomic E-state index is -0.644. The van der Waals surface area contributed by atoms with Gasteiger partial charge in [-0.05, 0) is 55.3 Å². The van der Waals surface area contributed by atoms with Crippen molar-refractivity contribution in [3.05, 3.63) is 59.7 Å². The van der Waals surface area contributed by atoms with Gasteiger partial charge in [0, 0.05) is 23.3 Å². The van der Waals surface area contributed by atoms with E-state index in [9.17, 15) is 19.8 Å². The van der Waals surface area contributed by atoms with E-state index >= 15 is 0 Å². The van der Waals surface area contributed by atoms with E-state index in [2.05, 4.69) is 5.32 Å². The summed E-state index contributed by atoms with van der Waals surface area (Å²) < 4.78 is 5.67. The number of carbonyl (C=O) groups excluding carboxylic acids is 2. The number of Topliss-reactive ketones (excluding diaryl/α,β-unsaturated/α-hetero) is 1. The van der Waals surface area contributed by atoms with E-state index in [0.717, 1.165) is 0 Å². The van der Waals surface area contributed by atoms with Crippen LogP contribution in [0.1, 0.15) is 49.2 Å². The van der Waals surface area contributed by atoms with E-state index in [1.165, 1.54) is 19.1 Å². The summed E-state index contributed by atoms with van der Waals surface area (Å²) in [6.07, 6.45) is -0.838. The molecule has 0 saturated heterocycles. The summed E-state index contributed by atoms with van der Waals surface area (Å²) in [4.78, 5) is 23.7. The molecule has 0 saturated carbocycles. The number of aliphatic hydroxyl groups is 1. The molecule has 0 aliphatic heterocycles. The van der Waals surface area contributed by atoms with Crippen molar-refractivity contribution in [3.8, 4) is 5.75 Å². The molecule has 0 unspecified atom stereocenters. The van der Waals surface area contributed by atoms with E-state index in [1.807, 2.05) is 13.8 Å². The van der Waals surface area contributed by atoms with Gasteiger partial charge in [0.15, 0.2) is 5.78 Å². The Morgan fingerprint density at radius 3 is 2.19 bits per heavy atom. The fourth-order valence-electron chi connectivity index (χ4n) is 2.79. The second kappa shape index (κ2) is 8.68. The minimum Gasteiger partial charge on any atom is -0.508 e. The van der Waals surface area contributed by atoms with Crippen LogP contribution in [0.4, 0.5) is 10.5 Å². The van der Waals surface area contributed by atoms with Gasteiger partial charge in [-0.15, -0.1) is 0 Å². The summed E-state index contributed by atoms with van der Waals surface area (Å²) in [5.74, 6) is 0.0646.